The van der Waals surface area contributed by atoms with Crippen LogP contribution in [-0.2, 0) is 13.0 Å². The molecule has 0 bridgehead atoms. The third-order valence-electron chi connectivity index (χ3n) is 2.47. The quantitative estimate of drug-likeness (QED) is 0.680. The van der Waals surface area contributed by atoms with E-state index in [0.29, 0.717) is 13.0 Å². The molecule has 3 nitrogen and oxygen atoms in total. The lowest BCUT2D eigenvalue weighted by atomic mass is 10.0. The van der Waals surface area contributed by atoms with Crippen LogP contribution in [0.2, 0.25) is 0 Å². The standard InChI is InChI=1S/C11H14N2O/c12-6-8-2-1-3-10-11(8)9(4-5-14)7-13-10/h1-3,7,13-14H,4-6,12H2. The van der Waals surface area contributed by atoms with E-state index in [1.165, 1.54) is 5.39 Å². The molecule has 0 amide bonds. The van der Waals surface area contributed by atoms with Gasteiger partial charge in [-0.3, -0.25) is 0 Å². The van der Waals surface area contributed by atoms with Crippen LogP contribution in [0.1, 0.15) is 11.1 Å². The number of aromatic amines is 1. The first-order valence-corrected chi connectivity index (χ1v) is 4.75. The molecule has 0 unspecified atom stereocenters. The maximum absolute atomic E-state index is 8.92. The molecule has 0 aliphatic heterocycles. The molecule has 1 aromatic heterocycles. The molecular weight excluding hydrogens is 176 g/mol. The molecule has 0 atom stereocenters. The molecule has 0 saturated carbocycles. The van der Waals surface area contributed by atoms with Gasteiger partial charge in [0.15, 0.2) is 0 Å². The van der Waals surface area contributed by atoms with Gasteiger partial charge in [-0.15, -0.1) is 0 Å². The minimum Gasteiger partial charge on any atom is -0.396 e. The molecule has 0 saturated heterocycles. The summed E-state index contributed by atoms with van der Waals surface area (Å²) in [4.78, 5) is 3.18. The van der Waals surface area contributed by atoms with Gasteiger partial charge in [0.1, 0.15) is 0 Å². The van der Waals surface area contributed by atoms with Crippen LogP contribution in [0.25, 0.3) is 10.9 Å². The summed E-state index contributed by atoms with van der Waals surface area (Å²) >= 11 is 0. The second-order valence-corrected chi connectivity index (χ2v) is 3.33. The van der Waals surface area contributed by atoms with Gasteiger partial charge < -0.3 is 15.8 Å². The predicted molar refractivity (Wildman–Crippen MR) is 57.0 cm³/mol. The average Bonchev–Trinajstić information content (AvgIpc) is 2.62. The summed E-state index contributed by atoms with van der Waals surface area (Å²) in [5.74, 6) is 0. The highest BCUT2D eigenvalue weighted by Crippen LogP contribution is 2.22. The summed E-state index contributed by atoms with van der Waals surface area (Å²) in [5, 5.41) is 10.1. The van der Waals surface area contributed by atoms with Gasteiger partial charge in [0.2, 0.25) is 0 Å². The second-order valence-electron chi connectivity index (χ2n) is 3.33. The van der Waals surface area contributed by atoms with Crippen LogP contribution in [0.3, 0.4) is 0 Å². The molecule has 4 N–H and O–H groups in total. The fourth-order valence-electron chi connectivity index (χ4n) is 1.82. The number of rotatable bonds is 3. The van der Waals surface area contributed by atoms with E-state index in [1.54, 1.807) is 0 Å². The van der Waals surface area contributed by atoms with Gasteiger partial charge in [0.25, 0.3) is 0 Å². The number of aliphatic hydroxyl groups excluding tert-OH is 1. The zero-order valence-electron chi connectivity index (χ0n) is 7.96. The number of hydrogen-bond donors (Lipinski definition) is 3. The smallest absolute Gasteiger partial charge is 0.0472 e. The maximum atomic E-state index is 8.92. The normalized spacial score (nSPS) is 11.0. The van der Waals surface area contributed by atoms with Crippen molar-refractivity contribution in [3.8, 4) is 0 Å². The second kappa shape index (κ2) is 3.82. The molecule has 0 radical (unpaired) electrons. The van der Waals surface area contributed by atoms with Crippen molar-refractivity contribution < 1.29 is 5.11 Å². The highest BCUT2D eigenvalue weighted by Gasteiger charge is 2.06. The SMILES string of the molecule is NCc1cccc2[nH]cc(CCO)c12. The summed E-state index contributed by atoms with van der Waals surface area (Å²) in [7, 11) is 0. The van der Waals surface area contributed by atoms with E-state index < -0.39 is 0 Å². The Hall–Kier alpha value is -1.32. The molecule has 74 valence electrons. The van der Waals surface area contributed by atoms with Gasteiger partial charge in [-0.05, 0) is 23.6 Å². The molecule has 1 heterocycles. The van der Waals surface area contributed by atoms with E-state index in [2.05, 4.69) is 4.98 Å². The molecule has 1 aromatic carbocycles. The number of H-pyrrole nitrogens is 1. The van der Waals surface area contributed by atoms with E-state index in [9.17, 15) is 0 Å². The highest BCUT2D eigenvalue weighted by atomic mass is 16.2. The molecular formula is C11H14N2O. The zero-order chi connectivity index (χ0) is 9.97. The van der Waals surface area contributed by atoms with E-state index in [0.717, 1.165) is 16.6 Å². The van der Waals surface area contributed by atoms with Crippen molar-refractivity contribution in [2.75, 3.05) is 6.61 Å². The van der Waals surface area contributed by atoms with Crippen molar-refractivity contribution in [1.82, 2.24) is 4.98 Å². The number of aromatic nitrogens is 1. The largest absolute Gasteiger partial charge is 0.396 e. The van der Waals surface area contributed by atoms with Gasteiger partial charge in [-0.2, -0.15) is 0 Å². The minimum atomic E-state index is 0.172. The fraction of sp³-hybridized carbons (Fsp3) is 0.273. The summed E-state index contributed by atoms with van der Waals surface area (Å²) in [5.41, 5.74) is 9.03. The Balaban J connectivity index is 2.62. The van der Waals surface area contributed by atoms with Gasteiger partial charge in [0, 0.05) is 30.3 Å². The van der Waals surface area contributed by atoms with Gasteiger partial charge >= 0.3 is 0 Å². The Kier molecular flexibility index (Phi) is 2.52. The molecule has 0 spiro atoms. The lowest BCUT2D eigenvalue weighted by Gasteiger charge is -2.02. The van der Waals surface area contributed by atoms with Crippen LogP contribution in [0, 0.1) is 0 Å². The molecule has 3 heteroatoms. The van der Waals surface area contributed by atoms with Crippen LogP contribution in [0.5, 0.6) is 0 Å². The molecule has 14 heavy (non-hydrogen) atoms. The Morgan fingerprint density at radius 1 is 1.29 bits per heavy atom. The Labute approximate surface area is 82.6 Å². The van der Waals surface area contributed by atoms with Crippen molar-refractivity contribution >= 4 is 10.9 Å². The summed E-state index contributed by atoms with van der Waals surface area (Å²) in [6.07, 6.45) is 2.62. The first-order chi connectivity index (χ1) is 6.86. The molecule has 0 aliphatic rings. The summed E-state index contributed by atoms with van der Waals surface area (Å²) in [6.45, 7) is 0.708. The predicted octanol–water partition coefficient (Wildman–Crippen LogP) is 1.16. The third kappa shape index (κ3) is 1.41. The molecule has 0 aliphatic carbocycles. The van der Waals surface area contributed by atoms with Gasteiger partial charge in [-0.1, -0.05) is 12.1 Å². The van der Waals surface area contributed by atoms with E-state index in [1.807, 2.05) is 24.4 Å². The fourth-order valence-corrected chi connectivity index (χ4v) is 1.82. The van der Waals surface area contributed by atoms with Gasteiger partial charge in [0.05, 0.1) is 0 Å². The van der Waals surface area contributed by atoms with Crippen molar-refractivity contribution in [3.05, 3.63) is 35.5 Å². The lowest BCUT2D eigenvalue weighted by Crippen LogP contribution is -1.98. The lowest BCUT2D eigenvalue weighted by molar-refractivity contribution is 0.300. The monoisotopic (exact) mass is 190 g/mol. The van der Waals surface area contributed by atoms with E-state index in [-0.39, 0.29) is 6.61 Å². The van der Waals surface area contributed by atoms with Gasteiger partial charge in [-0.25, -0.2) is 0 Å². The number of hydrogen-bond acceptors (Lipinski definition) is 2. The molecule has 2 aromatic rings. The van der Waals surface area contributed by atoms with Crippen molar-refractivity contribution in [1.29, 1.82) is 0 Å². The van der Waals surface area contributed by atoms with Crippen LogP contribution in [0.4, 0.5) is 0 Å². The number of nitrogens with two attached hydrogens (primary N) is 1. The highest BCUT2D eigenvalue weighted by molar-refractivity contribution is 5.86. The minimum absolute atomic E-state index is 0.172. The number of benzene rings is 1. The van der Waals surface area contributed by atoms with Crippen LogP contribution >= 0.6 is 0 Å². The average molecular weight is 190 g/mol. The number of nitrogens with one attached hydrogen (secondary N) is 1. The maximum Gasteiger partial charge on any atom is 0.0472 e. The zero-order valence-corrected chi connectivity index (χ0v) is 7.96. The van der Waals surface area contributed by atoms with Crippen LogP contribution in [0.15, 0.2) is 24.4 Å². The van der Waals surface area contributed by atoms with E-state index in [4.69, 9.17) is 10.8 Å². The molecule has 0 fully saturated rings. The van der Waals surface area contributed by atoms with Crippen molar-refractivity contribution in [2.45, 2.75) is 13.0 Å². The number of fused-ring (bicyclic) bond motifs is 1. The topological polar surface area (TPSA) is 62.0 Å². The first-order valence-electron chi connectivity index (χ1n) is 4.75. The van der Waals surface area contributed by atoms with E-state index >= 15 is 0 Å². The van der Waals surface area contributed by atoms with Crippen molar-refractivity contribution in [3.63, 3.8) is 0 Å². The van der Waals surface area contributed by atoms with Crippen LogP contribution in [-0.4, -0.2) is 16.7 Å². The van der Waals surface area contributed by atoms with Crippen LogP contribution < -0.4 is 5.73 Å². The Morgan fingerprint density at radius 2 is 2.14 bits per heavy atom. The molecule has 2 rings (SSSR count). The summed E-state index contributed by atoms with van der Waals surface area (Å²) < 4.78 is 0. The third-order valence-corrected chi connectivity index (χ3v) is 2.47. The number of aliphatic hydroxyl groups is 1. The summed E-state index contributed by atoms with van der Waals surface area (Å²) in [6, 6.07) is 6.04. The van der Waals surface area contributed by atoms with Crippen molar-refractivity contribution in [2.24, 2.45) is 5.73 Å². The Morgan fingerprint density at radius 3 is 2.86 bits per heavy atom. The Bertz CT molecular complexity index is 434. The first kappa shape index (κ1) is 9.24.